The molecular weight excluding hydrogens is 386 g/mol. The summed E-state index contributed by atoms with van der Waals surface area (Å²) in [7, 11) is 0. The van der Waals surface area contributed by atoms with Crippen molar-refractivity contribution in [3.05, 3.63) is 23.8 Å². The van der Waals surface area contributed by atoms with Gasteiger partial charge in [0.15, 0.2) is 0 Å². The first-order valence-electron chi connectivity index (χ1n) is 4.33. The molecule has 0 fully saturated rings. The summed E-state index contributed by atoms with van der Waals surface area (Å²) in [5.74, 6) is 0. The summed E-state index contributed by atoms with van der Waals surface area (Å²) in [6.45, 7) is 3.89. The second-order valence-electron chi connectivity index (χ2n) is 3.42. The molecule has 0 aliphatic heterocycles. The van der Waals surface area contributed by atoms with E-state index >= 15 is 0 Å². The molecule has 88 valence electrons. The summed E-state index contributed by atoms with van der Waals surface area (Å²) in [5.41, 5.74) is 1.06. The third kappa shape index (κ3) is 8.09. The minimum atomic E-state index is -0.475. The Kier molecular flexibility index (Phi) is 8.26. The maximum Gasteiger partial charge on any atom is 0.126 e. The van der Waals surface area contributed by atoms with Crippen LogP contribution in [0.5, 0.6) is 0 Å². The number of allylic oxidation sites excluding steroid dienone is 4. The number of hydrogen-bond donors (Lipinski definition) is 0. The van der Waals surface area contributed by atoms with Crippen LogP contribution in [0.3, 0.4) is 0 Å². The van der Waals surface area contributed by atoms with Crippen LogP contribution >= 0.6 is 66.7 Å². The summed E-state index contributed by atoms with van der Waals surface area (Å²) in [5, 5.41) is 0.703. The van der Waals surface area contributed by atoms with Gasteiger partial charge < -0.3 is 0 Å². The van der Waals surface area contributed by atoms with E-state index in [4.69, 9.17) is 34.8 Å². The fourth-order valence-corrected chi connectivity index (χ4v) is 1.73. The van der Waals surface area contributed by atoms with Crippen molar-refractivity contribution in [2.45, 2.75) is 28.4 Å². The zero-order valence-corrected chi connectivity index (χ0v) is 13.9. The van der Waals surface area contributed by atoms with E-state index in [0.29, 0.717) is 5.33 Å². The molecule has 5 heteroatoms. The van der Waals surface area contributed by atoms with Gasteiger partial charge in [0.1, 0.15) is 4.84 Å². The second kappa shape index (κ2) is 7.60. The van der Waals surface area contributed by atoms with Crippen LogP contribution in [0.4, 0.5) is 0 Å². The average Bonchev–Trinajstić information content (AvgIpc) is 2.13. The Morgan fingerprint density at radius 2 is 2.00 bits per heavy atom. The SMILES string of the molecule is C/C(=C/C(Cl)Cl)[C@H](Br)/C=C/[C@@](C)(Cl)CBr. The third-order valence-electron chi connectivity index (χ3n) is 1.70. The number of alkyl halides is 5. The van der Waals surface area contributed by atoms with Crippen molar-refractivity contribution in [1.29, 1.82) is 0 Å². The van der Waals surface area contributed by atoms with Crippen LogP contribution in [0.2, 0.25) is 0 Å². The zero-order chi connectivity index (χ0) is 12.1. The van der Waals surface area contributed by atoms with Crippen LogP contribution in [-0.2, 0) is 0 Å². The molecular formula is C10H13Br2Cl3. The first-order chi connectivity index (χ1) is 6.78. The summed E-state index contributed by atoms with van der Waals surface area (Å²) in [6, 6.07) is 0. The maximum absolute atomic E-state index is 6.15. The molecule has 0 aliphatic rings. The maximum atomic E-state index is 6.15. The van der Waals surface area contributed by atoms with Crippen LogP contribution in [0, 0.1) is 0 Å². The average molecular weight is 399 g/mol. The fraction of sp³-hybridized carbons (Fsp3) is 0.600. The van der Waals surface area contributed by atoms with Crippen molar-refractivity contribution in [3.63, 3.8) is 0 Å². The van der Waals surface area contributed by atoms with Crippen molar-refractivity contribution >= 4 is 66.7 Å². The van der Waals surface area contributed by atoms with E-state index in [1.54, 1.807) is 6.08 Å². The molecule has 0 nitrogen and oxygen atoms in total. The highest BCUT2D eigenvalue weighted by Gasteiger charge is 2.15. The summed E-state index contributed by atoms with van der Waals surface area (Å²) in [4.78, 5) is -0.736. The van der Waals surface area contributed by atoms with Gasteiger partial charge in [-0.25, -0.2) is 0 Å². The van der Waals surface area contributed by atoms with Crippen LogP contribution in [0.1, 0.15) is 13.8 Å². The first-order valence-corrected chi connectivity index (χ1v) is 7.62. The van der Waals surface area contributed by atoms with Gasteiger partial charge in [-0.1, -0.05) is 55.7 Å². The lowest BCUT2D eigenvalue weighted by atomic mass is 10.1. The van der Waals surface area contributed by atoms with E-state index in [1.807, 2.05) is 26.0 Å². The number of halogens is 5. The molecule has 0 aliphatic carbocycles. The molecule has 0 heterocycles. The fourth-order valence-electron chi connectivity index (χ4n) is 0.772. The molecule has 0 aromatic carbocycles. The number of hydrogen-bond acceptors (Lipinski definition) is 0. The van der Waals surface area contributed by atoms with Gasteiger partial charge in [-0.15, -0.1) is 34.8 Å². The van der Waals surface area contributed by atoms with E-state index in [1.165, 1.54) is 0 Å². The standard InChI is InChI=1S/C10H13Br2Cl3/c1-7(5-9(13)14)8(12)3-4-10(2,15)6-11/h3-5,8-9H,6H2,1-2H3/b4-3+,7-5-/t8-,10-/m1/s1. The van der Waals surface area contributed by atoms with E-state index in [2.05, 4.69) is 31.9 Å². The van der Waals surface area contributed by atoms with E-state index in [0.717, 1.165) is 5.57 Å². The summed E-state index contributed by atoms with van der Waals surface area (Å²) in [6.07, 6.45) is 5.71. The topological polar surface area (TPSA) is 0 Å². The summed E-state index contributed by atoms with van der Waals surface area (Å²) >= 11 is 24.3. The highest BCUT2D eigenvalue weighted by molar-refractivity contribution is 9.09. The highest BCUT2D eigenvalue weighted by atomic mass is 79.9. The van der Waals surface area contributed by atoms with E-state index < -0.39 is 4.84 Å². The predicted octanol–water partition coefficient (Wildman–Crippen LogP) is 5.45. The van der Waals surface area contributed by atoms with Gasteiger partial charge in [0, 0.05) is 5.33 Å². The zero-order valence-electron chi connectivity index (χ0n) is 8.48. The van der Waals surface area contributed by atoms with Crippen molar-refractivity contribution in [1.82, 2.24) is 0 Å². The molecule has 0 aromatic rings. The quantitative estimate of drug-likeness (QED) is 0.426. The predicted molar refractivity (Wildman–Crippen MR) is 79.2 cm³/mol. The Labute approximate surface area is 123 Å². The minimum absolute atomic E-state index is 0.106. The van der Waals surface area contributed by atoms with Gasteiger partial charge in [0.05, 0.1) is 9.70 Å². The van der Waals surface area contributed by atoms with Gasteiger partial charge >= 0.3 is 0 Å². The lowest BCUT2D eigenvalue weighted by molar-refractivity contribution is 0.899. The second-order valence-corrected chi connectivity index (χ2v) is 6.99. The van der Waals surface area contributed by atoms with Gasteiger partial charge in [0.25, 0.3) is 0 Å². The van der Waals surface area contributed by atoms with E-state index in [9.17, 15) is 0 Å². The number of rotatable bonds is 5. The smallest absolute Gasteiger partial charge is 0.114 e. The van der Waals surface area contributed by atoms with Crippen LogP contribution in [0.25, 0.3) is 0 Å². The molecule has 0 amide bonds. The Morgan fingerprint density at radius 1 is 1.47 bits per heavy atom. The molecule has 0 spiro atoms. The molecule has 0 bridgehead atoms. The molecule has 0 saturated carbocycles. The molecule has 0 unspecified atom stereocenters. The van der Waals surface area contributed by atoms with Gasteiger partial charge in [-0.3, -0.25) is 0 Å². The Morgan fingerprint density at radius 3 is 2.40 bits per heavy atom. The molecule has 0 aromatic heterocycles. The monoisotopic (exact) mass is 396 g/mol. The van der Waals surface area contributed by atoms with Crippen LogP contribution in [0.15, 0.2) is 23.8 Å². The van der Waals surface area contributed by atoms with Crippen LogP contribution in [-0.4, -0.2) is 19.9 Å². The van der Waals surface area contributed by atoms with Gasteiger partial charge in [-0.2, -0.15) is 0 Å². The molecule has 15 heavy (non-hydrogen) atoms. The van der Waals surface area contributed by atoms with Crippen molar-refractivity contribution < 1.29 is 0 Å². The molecule has 2 atom stereocenters. The highest BCUT2D eigenvalue weighted by Crippen LogP contribution is 2.22. The molecule has 0 N–H and O–H groups in total. The largest absolute Gasteiger partial charge is 0.126 e. The third-order valence-corrected chi connectivity index (χ3v) is 4.72. The van der Waals surface area contributed by atoms with Gasteiger partial charge in [0.2, 0.25) is 0 Å². The summed E-state index contributed by atoms with van der Waals surface area (Å²) < 4.78 is 0. The lowest BCUT2D eigenvalue weighted by Crippen LogP contribution is -2.14. The van der Waals surface area contributed by atoms with Gasteiger partial charge in [-0.05, 0) is 13.8 Å². The lowest BCUT2D eigenvalue weighted by Gasteiger charge is -2.14. The normalized spacial score (nSPS) is 19.6. The minimum Gasteiger partial charge on any atom is -0.114 e. The Hall–Kier alpha value is 1.31. The Bertz CT molecular complexity index is 247. The molecule has 0 rings (SSSR count). The van der Waals surface area contributed by atoms with E-state index in [-0.39, 0.29) is 9.70 Å². The Balaban J connectivity index is 4.43. The van der Waals surface area contributed by atoms with Crippen molar-refractivity contribution in [2.24, 2.45) is 0 Å². The van der Waals surface area contributed by atoms with Crippen molar-refractivity contribution in [2.75, 3.05) is 5.33 Å². The molecule has 0 saturated heterocycles. The van der Waals surface area contributed by atoms with Crippen molar-refractivity contribution in [3.8, 4) is 0 Å². The van der Waals surface area contributed by atoms with Crippen LogP contribution < -0.4 is 0 Å². The molecule has 0 radical (unpaired) electrons. The first kappa shape index (κ1) is 16.3.